The summed E-state index contributed by atoms with van der Waals surface area (Å²) in [6, 6.07) is 3.16. The third-order valence-electron chi connectivity index (χ3n) is 9.72. The first-order valence-corrected chi connectivity index (χ1v) is 22.6. The lowest BCUT2D eigenvalue weighted by atomic mass is 10.0. The largest absolute Gasteiger partial charge is 0.431 e. The molecule has 1 N–H and O–H groups in total. The van der Waals surface area contributed by atoms with Gasteiger partial charge in [-0.25, -0.2) is 9.59 Å². The van der Waals surface area contributed by atoms with Crippen LogP contribution in [0.25, 0.3) is 0 Å². The Hall–Kier alpha value is -2.45. The van der Waals surface area contributed by atoms with E-state index >= 15 is 0 Å². The minimum absolute atomic E-state index is 0.140. The van der Waals surface area contributed by atoms with Crippen molar-refractivity contribution < 1.29 is 32.0 Å². The third kappa shape index (κ3) is 26.3. The normalized spacial score (nSPS) is 11.9. The molecular weight excluding hydrogens is 673 g/mol. The van der Waals surface area contributed by atoms with Crippen LogP contribution in [0.1, 0.15) is 227 Å². The number of ether oxygens (including phenoxy) is 2. The van der Waals surface area contributed by atoms with Crippen molar-refractivity contribution in [3.63, 3.8) is 0 Å². The number of unbranched alkanes of at least 4 members (excludes halogenated alkanes) is 28. The standard InChI is InChI=1S/C44H74O7S/c1-3-5-7-9-11-13-15-17-19-21-23-25-27-29-31-33-37-50-43(45)41-36-35-40(52(47,48)49)39-42(41)44(46)51-38-34-32-30-28-26-24-22-20-18-16-14-12-10-8-6-4-2/h33-39H,3-32H2,1-2H3,(H,47,48,49)/b37-33+,38-34+. The maximum absolute atomic E-state index is 12.9. The van der Waals surface area contributed by atoms with Crippen molar-refractivity contribution in [1.82, 2.24) is 0 Å². The molecule has 0 heterocycles. The number of allylic oxidation sites excluding steroid dienone is 2. The highest BCUT2D eigenvalue weighted by Gasteiger charge is 2.22. The maximum atomic E-state index is 12.9. The van der Waals surface area contributed by atoms with Crippen molar-refractivity contribution in [2.45, 2.75) is 211 Å². The topological polar surface area (TPSA) is 107 Å². The van der Waals surface area contributed by atoms with Crippen molar-refractivity contribution in [2.24, 2.45) is 0 Å². The summed E-state index contributed by atoms with van der Waals surface area (Å²) in [4.78, 5) is 25.2. The summed E-state index contributed by atoms with van der Waals surface area (Å²) in [5.41, 5.74) is -0.430. The number of hydrogen-bond acceptors (Lipinski definition) is 6. The molecule has 7 nitrogen and oxygen atoms in total. The predicted octanol–water partition coefficient (Wildman–Crippen LogP) is 14.0. The number of hydrogen-bond donors (Lipinski definition) is 1. The van der Waals surface area contributed by atoms with Crippen molar-refractivity contribution >= 4 is 22.1 Å². The zero-order chi connectivity index (χ0) is 38.0. The van der Waals surface area contributed by atoms with E-state index in [0.29, 0.717) is 0 Å². The quantitative estimate of drug-likeness (QED) is 0.0319. The van der Waals surface area contributed by atoms with Gasteiger partial charge in [0.15, 0.2) is 0 Å². The summed E-state index contributed by atoms with van der Waals surface area (Å²) in [6.07, 6.45) is 43.7. The molecule has 0 atom stereocenters. The molecule has 0 bridgehead atoms. The Morgan fingerprint density at radius 3 is 1.13 bits per heavy atom. The van der Waals surface area contributed by atoms with Gasteiger partial charge in [-0.2, -0.15) is 8.42 Å². The zero-order valence-corrected chi connectivity index (χ0v) is 33.9. The first-order chi connectivity index (χ1) is 25.3. The Morgan fingerprint density at radius 1 is 0.500 bits per heavy atom. The van der Waals surface area contributed by atoms with E-state index in [1.54, 1.807) is 12.2 Å². The van der Waals surface area contributed by atoms with Crippen molar-refractivity contribution in [2.75, 3.05) is 0 Å². The molecule has 52 heavy (non-hydrogen) atoms. The molecule has 0 saturated heterocycles. The van der Waals surface area contributed by atoms with E-state index in [-0.39, 0.29) is 11.1 Å². The highest BCUT2D eigenvalue weighted by Crippen LogP contribution is 2.20. The molecule has 8 heteroatoms. The van der Waals surface area contributed by atoms with Gasteiger partial charge in [0.05, 0.1) is 28.5 Å². The molecule has 0 spiro atoms. The van der Waals surface area contributed by atoms with Crippen LogP contribution in [0.2, 0.25) is 0 Å². The van der Waals surface area contributed by atoms with Crippen LogP contribution in [0.4, 0.5) is 0 Å². The van der Waals surface area contributed by atoms with Crippen LogP contribution in [0.15, 0.2) is 47.8 Å². The average Bonchev–Trinajstić information content (AvgIpc) is 3.13. The molecule has 0 aliphatic carbocycles. The van der Waals surface area contributed by atoms with Gasteiger partial charge in [-0.15, -0.1) is 0 Å². The minimum Gasteiger partial charge on any atom is -0.431 e. The van der Waals surface area contributed by atoms with Gasteiger partial charge < -0.3 is 9.47 Å². The van der Waals surface area contributed by atoms with Crippen LogP contribution >= 0.6 is 0 Å². The van der Waals surface area contributed by atoms with Gasteiger partial charge in [-0.1, -0.05) is 181 Å². The molecule has 0 aliphatic heterocycles. The number of esters is 2. The Labute approximate surface area is 318 Å². The fourth-order valence-corrected chi connectivity index (χ4v) is 6.93. The van der Waals surface area contributed by atoms with Gasteiger partial charge in [-0.3, -0.25) is 4.55 Å². The summed E-state index contributed by atoms with van der Waals surface area (Å²) >= 11 is 0. The molecule has 0 amide bonds. The number of benzene rings is 1. The highest BCUT2D eigenvalue weighted by atomic mass is 32.2. The SMILES string of the molecule is CCCCCCCCCCCCCCCC/C=C/OC(=O)c1ccc(S(=O)(=O)O)cc1C(=O)O/C=C/CCCCCCCCCCCCCCCC. The summed E-state index contributed by atoms with van der Waals surface area (Å²) in [5, 5.41) is 0. The summed E-state index contributed by atoms with van der Waals surface area (Å²) in [5.74, 6) is -1.71. The Bertz CT molecular complexity index is 1200. The van der Waals surface area contributed by atoms with Crippen LogP contribution in [0.3, 0.4) is 0 Å². The van der Waals surface area contributed by atoms with Gasteiger partial charge in [0.1, 0.15) is 0 Å². The van der Waals surface area contributed by atoms with Gasteiger partial charge in [0.25, 0.3) is 10.1 Å². The molecule has 0 radical (unpaired) electrons. The van der Waals surface area contributed by atoms with Crippen LogP contribution in [0, 0.1) is 0 Å². The monoisotopic (exact) mass is 747 g/mol. The maximum Gasteiger partial charge on any atom is 0.343 e. The number of carbonyl (C=O) groups excluding carboxylic acids is 2. The summed E-state index contributed by atoms with van der Waals surface area (Å²) in [6.45, 7) is 4.51. The first-order valence-electron chi connectivity index (χ1n) is 21.1. The van der Waals surface area contributed by atoms with E-state index in [1.807, 2.05) is 0 Å². The number of rotatable bonds is 35. The lowest BCUT2D eigenvalue weighted by molar-refractivity contribution is 0.0617. The molecule has 0 saturated carbocycles. The lowest BCUT2D eigenvalue weighted by Crippen LogP contribution is -2.13. The van der Waals surface area contributed by atoms with E-state index in [0.717, 1.165) is 56.7 Å². The summed E-state index contributed by atoms with van der Waals surface area (Å²) < 4.78 is 43.4. The van der Waals surface area contributed by atoms with Crippen molar-refractivity contribution in [3.8, 4) is 0 Å². The molecular formula is C44H74O7S. The minimum atomic E-state index is -4.59. The highest BCUT2D eigenvalue weighted by molar-refractivity contribution is 7.85. The second kappa shape index (κ2) is 33.1. The molecule has 0 unspecified atom stereocenters. The van der Waals surface area contributed by atoms with Crippen LogP contribution in [-0.2, 0) is 19.6 Å². The van der Waals surface area contributed by atoms with Gasteiger partial charge in [-0.05, 0) is 56.0 Å². The van der Waals surface area contributed by atoms with Gasteiger partial charge in [0.2, 0.25) is 0 Å². The molecule has 298 valence electrons. The third-order valence-corrected chi connectivity index (χ3v) is 10.6. The second-order valence-electron chi connectivity index (χ2n) is 14.5. The fourth-order valence-electron chi connectivity index (χ4n) is 6.43. The fraction of sp³-hybridized carbons (Fsp3) is 0.727. The van der Waals surface area contributed by atoms with E-state index < -0.39 is 27.0 Å². The Kier molecular flexibility index (Phi) is 30.3. The van der Waals surface area contributed by atoms with Crippen LogP contribution in [-0.4, -0.2) is 24.9 Å². The Balaban J connectivity index is 2.30. The lowest BCUT2D eigenvalue weighted by Gasteiger charge is -2.08. The first kappa shape index (κ1) is 47.6. The smallest absolute Gasteiger partial charge is 0.343 e. The average molecular weight is 747 g/mol. The molecule has 0 aliphatic rings. The molecule has 1 aromatic rings. The van der Waals surface area contributed by atoms with Gasteiger partial charge >= 0.3 is 11.9 Å². The van der Waals surface area contributed by atoms with Crippen LogP contribution in [0.5, 0.6) is 0 Å². The van der Waals surface area contributed by atoms with E-state index in [1.165, 1.54) is 167 Å². The molecule has 0 aromatic heterocycles. The van der Waals surface area contributed by atoms with E-state index in [9.17, 15) is 22.6 Å². The molecule has 1 rings (SSSR count). The van der Waals surface area contributed by atoms with E-state index in [4.69, 9.17) is 9.47 Å². The predicted molar refractivity (Wildman–Crippen MR) is 215 cm³/mol. The van der Waals surface area contributed by atoms with Crippen molar-refractivity contribution in [3.05, 3.63) is 54.0 Å². The van der Waals surface area contributed by atoms with E-state index in [2.05, 4.69) is 13.8 Å². The van der Waals surface area contributed by atoms with Crippen molar-refractivity contribution in [1.29, 1.82) is 0 Å². The molecule has 0 fully saturated rings. The summed E-state index contributed by atoms with van der Waals surface area (Å²) in [7, 11) is -4.59. The van der Waals surface area contributed by atoms with Gasteiger partial charge in [0, 0.05) is 0 Å². The second-order valence-corrected chi connectivity index (χ2v) is 15.9. The zero-order valence-electron chi connectivity index (χ0n) is 33.1. The number of carbonyl (C=O) groups is 2. The Morgan fingerprint density at radius 2 is 0.808 bits per heavy atom. The van der Waals surface area contributed by atoms with Crippen LogP contribution < -0.4 is 0 Å². The molecule has 1 aromatic carbocycles.